The van der Waals surface area contributed by atoms with E-state index in [2.05, 4.69) is 9.97 Å². The zero-order valence-electron chi connectivity index (χ0n) is 12.0. The summed E-state index contributed by atoms with van der Waals surface area (Å²) in [5, 5.41) is 0.364. The van der Waals surface area contributed by atoms with E-state index in [1.165, 1.54) is 19.9 Å². The molecule has 0 aliphatic heterocycles. The summed E-state index contributed by atoms with van der Waals surface area (Å²) < 4.78 is 4.88. The van der Waals surface area contributed by atoms with Crippen molar-refractivity contribution in [3.63, 3.8) is 0 Å². The summed E-state index contributed by atoms with van der Waals surface area (Å²) in [7, 11) is 0. The summed E-state index contributed by atoms with van der Waals surface area (Å²) in [6.07, 6.45) is 0. The fraction of sp³-hybridized carbons (Fsp3) is 0.538. The van der Waals surface area contributed by atoms with Crippen molar-refractivity contribution < 1.29 is 14.3 Å². The smallest absolute Gasteiger partial charge is 0.319 e. The Bertz CT molecular complexity index is 566. The van der Waals surface area contributed by atoms with Gasteiger partial charge in [0.1, 0.15) is 5.41 Å². The lowest BCUT2D eigenvalue weighted by molar-refractivity contribution is -0.157. The average Bonchev–Trinajstić information content (AvgIpc) is 2.34. The number of hydrogen-bond acceptors (Lipinski definition) is 6. The zero-order chi connectivity index (χ0) is 15.3. The van der Waals surface area contributed by atoms with E-state index < -0.39 is 11.4 Å². The number of rotatable bonds is 6. The Hall–Kier alpha value is -1.63. The van der Waals surface area contributed by atoms with Gasteiger partial charge in [-0.2, -0.15) is 0 Å². The Morgan fingerprint density at radius 3 is 2.65 bits per heavy atom. The van der Waals surface area contributed by atoms with Crippen molar-refractivity contribution in [1.82, 2.24) is 9.97 Å². The number of carbonyl (C=O) groups is 2. The number of aromatic amines is 1. The summed E-state index contributed by atoms with van der Waals surface area (Å²) in [6, 6.07) is 1.37. The van der Waals surface area contributed by atoms with Gasteiger partial charge >= 0.3 is 5.97 Å². The van der Waals surface area contributed by atoms with Crippen LogP contribution >= 0.6 is 11.8 Å². The van der Waals surface area contributed by atoms with E-state index in [-0.39, 0.29) is 23.7 Å². The zero-order valence-corrected chi connectivity index (χ0v) is 12.8. The van der Waals surface area contributed by atoms with Crippen LogP contribution in [-0.4, -0.2) is 34.1 Å². The SMILES string of the molecule is CCOC(=O)C(C)(C)C(=O)CSc1nc(C)cc(=O)[nH]1. The predicted molar refractivity (Wildman–Crippen MR) is 75.7 cm³/mol. The number of H-pyrrole nitrogens is 1. The highest BCUT2D eigenvalue weighted by molar-refractivity contribution is 7.99. The first-order valence-electron chi connectivity index (χ1n) is 6.18. The second-order valence-electron chi connectivity index (χ2n) is 4.75. The second kappa shape index (κ2) is 6.69. The molecule has 1 aromatic rings. The van der Waals surface area contributed by atoms with Gasteiger partial charge in [-0.05, 0) is 27.7 Å². The third-order valence-electron chi connectivity index (χ3n) is 2.67. The molecule has 1 heterocycles. The number of carbonyl (C=O) groups excluding carboxylic acids is 2. The van der Waals surface area contributed by atoms with Gasteiger partial charge in [-0.1, -0.05) is 11.8 Å². The topological polar surface area (TPSA) is 89.1 Å². The minimum absolute atomic E-state index is 0.0399. The number of nitrogens with one attached hydrogen (secondary N) is 1. The molecule has 20 heavy (non-hydrogen) atoms. The molecule has 0 fully saturated rings. The van der Waals surface area contributed by atoms with Crippen molar-refractivity contribution in [2.45, 2.75) is 32.9 Å². The first-order chi connectivity index (χ1) is 9.27. The van der Waals surface area contributed by atoms with Gasteiger partial charge in [0.2, 0.25) is 0 Å². The summed E-state index contributed by atoms with van der Waals surface area (Å²) in [5.41, 5.74) is -0.891. The standard InChI is InChI=1S/C13H18N2O4S/c1-5-19-11(18)13(3,4)9(16)7-20-12-14-8(2)6-10(17)15-12/h6H,5,7H2,1-4H3,(H,14,15,17). The van der Waals surface area contributed by atoms with Crippen LogP contribution in [0.3, 0.4) is 0 Å². The fourth-order valence-corrected chi connectivity index (χ4v) is 2.37. The van der Waals surface area contributed by atoms with E-state index in [0.29, 0.717) is 10.9 Å². The highest BCUT2D eigenvalue weighted by Gasteiger charge is 2.37. The van der Waals surface area contributed by atoms with Gasteiger partial charge in [0.15, 0.2) is 10.9 Å². The van der Waals surface area contributed by atoms with E-state index in [4.69, 9.17) is 4.74 Å². The molecule has 0 bridgehead atoms. The number of ketones is 1. The molecule has 0 aromatic carbocycles. The Morgan fingerprint density at radius 2 is 2.10 bits per heavy atom. The third kappa shape index (κ3) is 4.19. The highest BCUT2D eigenvalue weighted by atomic mass is 32.2. The summed E-state index contributed by atoms with van der Waals surface area (Å²) in [4.78, 5) is 41.7. The molecule has 0 saturated carbocycles. The molecule has 0 amide bonds. The van der Waals surface area contributed by atoms with Gasteiger partial charge in [-0.3, -0.25) is 14.4 Å². The highest BCUT2D eigenvalue weighted by Crippen LogP contribution is 2.23. The van der Waals surface area contributed by atoms with E-state index >= 15 is 0 Å². The van der Waals surface area contributed by atoms with Gasteiger partial charge in [0, 0.05) is 11.8 Å². The number of ether oxygens (including phenoxy) is 1. The number of Topliss-reactive ketones (excluding diaryl/α,β-unsaturated/α-hetero) is 1. The Labute approximate surface area is 121 Å². The molecule has 6 nitrogen and oxygen atoms in total. The van der Waals surface area contributed by atoms with Crippen molar-refractivity contribution in [3.8, 4) is 0 Å². The second-order valence-corrected chi connectivity index (χ2v) is 5.71. The molecule has 7 heteroatoms. The minimum Gasteiger partial charge on any atom is -0.465 e. The molecule has 0 spiro atoms. The molecule has 0 radical (unpaired) electrons. The maximum atomic E-state index is 12.1. The molecule has 1 rings (SSSR count). The summed E-state index contributed by atoms with van der Waals surface area (Å²) in [6.45, 7) is 6.67. The molecule has 0 saturated heterocycles. The Balaban J connectivity index is 2.71. The van der Waals surface area contributed by atoms with Crippen LogP contribution in [0.15, 0.2) is 16.0 Å². The third-order valence-corrected chi connectivity index (χ3v) is 3.54. The van der Waals surface area contributed by atoms with Crippen LogP contribution in [0.25, 0.3) is 0 Å². The summed E-state index contributed by atoms with van der Waals surface area (Å²) in [5.74, 6) is -0.778. The lowest BCUT2D eigenvalue weighted by Gasteiger charge is -2.20. The van der Waals surface area contributed by atoms with Crippen molar-refractivity contribution in [2.24, 2.45) is 5.41 Å². The van der Waals surface area contributed by atoms with E-state index in [1.807, 2.05) is 0 Å². The maximum Gasteiger partial charge on any atom is 0.319 e. The molecule has 0 aliphatic rings. The Morgan fingerprint density at radius 1 is 1.45 bits per heavy atom. The molecule has 1 N–H and O–H groups in total. The normalized spacial score (nSPS) is 11.2. The first-order valence-corrected chi connectivity index (χ1v) is 7.17. The summed E-state index contributed by atoms with van der Waals surface area (Å²) >= 11 is 1.10. The van der Waals surface area contributed by atoms with Crippen molar-refractivity contribution >= 4 is 23.5 Å². The van der Waals surface area contributed by atoms with Gasteiger partial charge in [-0.25, -0.2) is 4.98 Å². The van der Waals surface area contributed by atoms with Crippen LogP contribution in [0.4, 0.5) is 0 Å². The van der Waals surface area contributed by atoms with Crippen LogP contribution in [0, 0.1) is 12.3 Å². The number of thioether (sulfide) groups is 1. The Kier molecular flexibility index (Phi) is 5.50. The molecular formula is C13H18N2O4S. The van der Waals surface area contributed by atoms with E-state index in [1.54, 1.807) is 13.8 Å². The van der Waals surface area contributed by atoms with Crippen LogP contribution in [-0.2, 0) is 14.3 Å². The van der Waals surface area contributed by atoms with Crippen molar-refractivity contribution in [3.05, 3.63) is 22.1 Å². The number of esters is 1. The quantitative estimate of drug-likeness (QED) is 0.369. The van der Waals surface area contributed by atoms with E-state index in [0.717, 1.165) is 11.8 Å². The number of aromatic nitrogens is 2. The monoisotopic (exact) mass is 298 g/mol. The van der Waals surface area contributed by atoms with Gasteiger partial charge in [-0.15, -0.1) is 0 Å². The fourth-order valence-electron chi connectivity index (χ4n) is 1.36. The van der Waals surface area contributed by atoms with Crippen LogP contribution < -0.4 is 5.56 Å². The average molecular weight is 298 g/mol. The molecule has 110 valence electrons. The lowest BCUT2D eigenvalue weighted by atomic mass is 9.89. The molecule has 0 aliphatic carbocycles. The number of nitrogens with zero attached hydrogens (tertiary/aromatic N) is 1. The van der Waals surface area contributed by atoms with Crippen molar-refractivity contribution in [2.75, 3.05) is 12.4 Å². The maximum absolute atomic E-state index is 12.1. The van der Waals surface area contributed by atoms with Crippen LogP contribution in [0.1, 0.15) is 26.5 Å². The van der Waals surface area contributed by atoms with Gasteiger partial charge in [0.05, 0.1) is 12.4 Å². The molecule has 0 atom stereocenters. The van der Waals surface area contributed by atoms with E-state index in [9.17, 15) is 14.4 Å². The van der Waals surface area contributed by atoms with Gasteiger partial charge in [0.25, 0.3) is 5.56 Å². The van der Waals surface area contributed by atoms with Crippen LogP contribution in [0.5, 0.6) is 0 Å². The largest absolute Gasteiger partial charge is 0.465 e. The molecule has 0 unspecified atom stereocenters. The first kappa shape index (κ1) is 16.4. The lowest BCUT2D eigenvalue weighted by Crippen LogP contribution is -2.36. The molecule has 1 aromatic heterocycles. The number of aryl methyl sites for hydroxylation is 1. The molecular weight excluding hydrogens is 280 g/mol. The number of hydrogen-bond donors (Lipinski definition) is 1. The minimum atomic E-state index is -1.20. The van der Waals surface area contributed by atoms with Gasteiger partial charge < -0.3 is 9.72 Å². The predicted octanol–water partition coefficient (Wildman–Crippen LogP) is 1.33. The van der Waals surface area contributed by atoms with Crippen LogP contribution in [0.2, 0.25) is 0 Å². The van der Waals surface area contributed by atoms with Crippen molar-refractivity contribution in [1.29, 1.82) is 0 Å².